The van der Waals surface area contributed by atoms with Gasteiger partial charge in [-0.25, -0.2) is 0 Å². The molecule has 2 heterocycles. The van der Waals surface area contributed by atoms with Gasteiger partial charge in [0, 0.05) is 37.9 Å². The molecule has 1 aliphatic carbocycles. The minimum Gasteiger partial charge on any atom is -0.390 e. The van der Waals surface area contributed by atoms with Crippen LogP contribution in [0.1, 0.15) is 37.3 Å². The summed E-state index contributed by atoms with van der Waals surface area (Å²) in [6, 6.07) is 0.588. The van der Waals surface area contributed by atoms with Crippen LogP contribution in [-0.4, -0.2) is 54.0 Å². The molecule has 3 atom stereocenters. The highest BCUT2D eigenvalue weighted by Gasteiger charge is 2.32. The maximum absolute atomic E-state index is 10.2. The van der Waals surface area contributed by atoms with Gasteiger partial charge >= 0.3 is 0 Å². The lowest BCUT2D eigenvalue weighted by molar-refractivity contribution is -0.133. The fourth-order valence-electron chi connectivity index (χ4n) is 3.46. The minimum absolute atomic E-state index is 0.0728. The second-order valence-corrected chi connectivity index (χ2v) is 6.46. The maximum atomic E-state index is 10.2. The Balaban J connectivity index is 1.44. The number of methoxy groups -OCH3 is 1. The number of ether oxygens (including phenoxy) is 2. The number of rotatable bonds is 6. The quantitative estimate of drug-likeness (QED) is 0.824. The van der Waals surface area contributed by atoms with E-state index in [1.165, 1.54) is 31.2 Å². The second-order valence-electron chi connectivity index (χ2n) is 6.46. The van der Waals surface area contributed by atoms with Crippen LogP contribution in [0.3, 0.4) is 0 Å². The number of hydrogen-bond acceptors (Lipinski definition) is 5. The third-order valence-corrected chi connectivity index (χ3v) is 4.87. The van der Waals surface area contributed by atoms with Crippen molar-refractivity contribution in [1.82, 2.24) is 15.1 Å². The van der Waals surface area contributed by atoms with E-state index < -0.39 is 6.10 Å². The Bertz CT molecular complexity index is 459. The fourth-order valence-corrected chi connectivity index (χ4v) is 3.46. The largest absolute Gasteiger partial charge is 0.390 e. The van der Waals surface area contributed by atoms with Crippen molar-refractivity contribution in [3.8, 4) is 0 Å². The van der Waals surface area contributed by atoms with Gasteiger partial charge in [0.1, 0.15) is 6.10 Å². The summed E-state index contributed by atoms with van der Waals surface area (Å²) < 4.78 is 12.8. The van der Waals surface area contributed by atoms with Crippen LogP contribution in [0.4, 0.5) is 0 Å². The lowest BCUT2D eigenvalue weighted by Crippen LogP contribution is -2.48. The predicted octanol–water partition coefficient (Wildman–Crippen LogP) is 1.11. The Morgan fingerprint density at radius 3 is 3.00 bits per heavy atom. The smallest absolute Gasteiger partial charge is 0.107 e. The molecule has 0 aromatic carbocycles. The Labute approximate surface area is 131 Å². The first-order valence-electron chi connectivity index (χ1n) is 8.30. The summed E-state index contributed by atoms with van der Waals surface area (Å²) in [5.74, 6) is 0.0728. The SMILES string of the molecule is CO[C@@H]1COC[C@@H](CNCc2cnn(C3CCCC3)c2)[C@@H]1O. The van der Waals surface area contributed by atoms with Crippen LogP contribution in [0.5, 0.6) is 0 Å². The second kappa shape index (κ2) is 7.55. The van der Waals surface area contributed by atoms with Gasteiger partial charge in [0.2, 0.25) is 0 Å². The van der Waals surface area contributed by atoms with Crippen molar-refractivity contribution in [1.29, 1.82) is 0 Å². The summed E-state index contributed by atoms with van der Waals surface area (Å²) in [7, 11) is 1.62. The van der Waals surface area contributed by atoms with Gasteiger partial charge in [-0.3, -0.25) is 4.68 Å². The van der Waals surface area contributed by atoms with Gasteiger partial charge in [-0.05, 0) is 12.8 Å². The molecule has 1 aliphatic heterocycles. The van der Waals surface area contributed by atoms with E-state index in [1.54, 1.807) is 7.11 Å². The van der Waals surface area contributed by atoms with Crippen LogP contribution in [-0.2, 0) is 16.0 Å². The summed E-state index contributed by atoms with van der Waals surface area (Å²) >= 11 is 0. The Morgan fingerprint density at radius 2 is 2.23 bits per heavy atom. The summed E-state index contributed by atoms with van der Waals surface area (Å²) in [6.45, 7) is 2.54. The van der Waals surface area contributed by atoms with Gasteiger partial charge in [0.25, 0.3) is 0 Å². The molecule has 3 rings (SSSR count). The van der Waals surface area contributed by atoms with E-state index in [4.69, 9.17) is 9.47 Å². The first kappa shape index (κ1) is 15.9. The molecular weight excluding hydrogens is 282 g/mol. The highest BCUT2D eigenvalue weighted by Crippen LogP contribution is 2.28. The lowest BCUT2D eigenvalue weighted by atomic mass is 9.96. The molecule has 0 amide bonds. The van der Waals surface area contributed by atoms with E-state index in [2.05, 4.69) is 21.3 Å². The molecule has 1 saturated carbocycles. The average Bonchev–Trinajstić information content (AvgIpc) is 3.19. The molecule has 1 aromatic rings. The molecule has 0 spiro atoms. The summed E-state index contributed by atoms with van der Waals surface area (Å²) in [5, 5.41) is 18.1. The lowest BCUT2D eigenvalue weighted by Gasteiger charge is -2.33. The minimum atomic E-state index is -0.465. The molecule has 1 aromatic heterocycles. The van der Waals surface area contributed by atoms with Crippen LogP contribution in [0, 0.1) is 5.92 Å². The molecule has 6 heteroatoms. The number of aliphatic hydroxyl groups is 1. The van der Waals surface area contributed by atoms with Crippen molar-refractivity contribution < 1.29 is 14.6 Å². The van der Waals surface area contributed by atoms with E-state index in [0.29, 0.717) is 19.3 Å². The van der Waals surface area contributed by atoms with Gasteiger partial charge < -0.3 is 19.9 Å². The molecular formula is C16H27N3O3. The van der Waals surface area contributed by atoms with E-state index in [-0.39, 0.29) is 12.0 Å². The van der Waals surface area contributed by atoms with Gasteiger partial charge in [-0.2, -0.15) is 5.10 Å². The van der Waals surface area contributed by atoms with Crippen LogP contribution in [0.15, 0.2) is 12.4 Å². The monoisotopic (exact) mass is 309 g/mol. The maximum Gasteiger partial charge on any atom is 0.107 e. The molecule has 2 fully saturated rings. The zero-order valence-electron chi connectivity index (χ0n) is 13.3. The molecule has 0 radical (unpaired) electrons. The van der Waals surface area contributed by atoms with Crippen LogP contribution >= 0.6 is 0 Å². The van der Waals surface area contributed by atoms with Crippen molar-refractivity contribution in [3.05, 3.63) is 18.0 Å². The molecule has 0 unspecified atom stereocenters. The van der Waals surface area contributed by atoms with Crippen molar-refractivity contribution >= 4 is 0 Å². The van der Waals surface area contributed by atoms with Gasteiger partial charge in [-0.15, -0.1) is 0 Å². The van der Waals surface area contributed by atoms with Crippen molar-refractivity contribution in [2.24, 2.45) is 5.92 Å². The van der Waals surface area contributed by atoms with E-state index >= 15 is 0 Å². The molecule has 2 N–H and O–H groups in total. The highest BCUT2D eigenvalue weighted by atomic mass is 16.5. The number of nitrogens with zero attached hydrogens (tertiary/aromatic N) is 2. The number of hydrogen-bond donors (Lipinski definition) is 2. The number of nitrogens with one attached hydrogen (secondary N) is 1. The van der Waals surface area contributed by atoms with Crippen molar-refractivity contribution in [2.75, 3.05) is 26.9 Å². The molecule has 2 aliphatic rings. The van der Waals surface area contributed by atoms with Crippen LogP contribution in [0.25, 0.3) is 0 Å². The molecule has 124 valence electrons. The molecule has 22 heavy (non-hydrogen) atoms. The third kappa shape index (κ3) is 3.68. The molecule has 0 bridgehead atoms. The number of aliphatic hydroxyl groups excluding tert-OH is 1. The normalized spacial score (nSPS) is 30.0. The molecule has 1 saturated heterocycles. The zero-order chi connectivity index (χ0) is 15.4. The van der Waals surface area contributed by atoms with Gasteiger partial charge in [0.15, 0.2) is 0 Å². The third-order valence-electron chi connectivity index (χ3n) is 4.87. The van der Waals surface area contributed by atoms with Crippen molar-refractivity contribution in [2.45, 2.75) is 50.5 Å². The standard InChI is InChI=1S/C16H27N3O3/c1-21-15-11-22-10-13(16(15)20)8-17-6-12-7-18-19(9-12)14-4-2-3-5-14/h7,9,13-17,20H,2-6,8,10-11H2,1H3/t13-,15-,16+/m1/s1. The zero-order valence-corrected chi connectivity index (χ0v) is 13.3. The van der Waals surface area contributed by atoms with E-state index in [9.17, 15) is 5.11 Å². The Kier molecular flexibility index (Phi) is 5.46. The number of aromatic nitrogens is 2. The first-order chi connectivity index (χ1) is 10.8. The van der Waals surface area contributed by atoms with Crippen LogP contribution in [0.2, 0.25) is 0 Å². The first-order valence-corrected chi connectivity index (χ1v) is 8.30. The van der Waals surface area contributed by atoms with Gasteiger partial charge in [0.05, 0.1) is 31.6 Å². The van der Waals surface area contributed by atoms with Gasteiger partial charge in [-0.1, -0.05) is 12.8 Å². The topological polar surface area (TPSA) is 68.5 Å². The predicted molar refractivity (Wildman–Crippen MR) is 82.6 cm³/mol. The van der Waals surface area contributed by atoms with E-state index in [0.717, 1.165) is 13.1 Å². The fraction of sp³-hybridized carbons (Fsp3) is 0.812. The van der Waals surface area contributed by atoms with E-state index in [1.807, 2.05) is 6.20 Å². The highest BCUT2D eigenvalue weighted by molar-refractivity contribution is 5.04. The summed E-state index contributed by atoms with van der Waals surface area (Å²) in [5.41, 5.74) is 1.20. The average molecular weight is 309 g/mol. The Hall–Kier alpha value is -0.950. The summed E-state index contributed by atoms with van der Waals surface area (Å²) in [6.07, 6.45) is 8.54. The Morgan fingerprint density at radius 1 is 1.41 bits per heavy atom. The molecule has 6 nitrogen and oxygen atoms in total. The van der Waals surface area contributed by atoms with Crippen LogP contribution < -0.4 is 5.32 Å². The summed E-state index contributed by atoms with van der Waals surface area (Å²) in [4.78, 5) is 0. The van der Waals surface area contributed by atoms with Crippen molar-refractivity contribution in [3.63, 3.8) is 0 Å².